The molecule has 0 saturated carbocycles. The molecule has 0 saturated heterocycles. The molecule has 0 radical (unpaired) electrons. The number of rotatable bonds is 6. The standard InChI is InChI=1S/C11H18O5/c1-8(2)4-5-11(14)16-7-10(13)6-15-9(3)12/h4-5,8,10,13H,6-7H2,1-3H3. The van der Waals surface area contributed by atoms with Crippen molar-refractivity contribution in [1.29, 1.82) is 0 Å². The molecule has 5 nitrogen and oxygen atoms in total. The SMILES string of the molecule is CC(=O)OCC(O)COC(=O)C=CC(C)C. The molecular formula is C11H18O5. The van der Waals surface area contributed by atoms with Crippen molar-refractivity contribution >= 4 is 11.9 Å². The minimum atomic E-state index is -0.986. The Balaban J connectivity index is 3.70. The molecule has 0 aliphatic heterocycles. The van der Waals surface area contributed by atoms with Gasteiger partial charge < -0.3 is 14.6 Å². The Bertz CT molecular complexity index is 257. The number of allylic oxidation sites excluding steroid dienone is 1. The largest absolute Gasteiger partial charge is 0.463 e. The van der Waals surface area contributed by atoms with Crippen LogP contribution >= 0.6 is 0 Å². The smallest absolute Gasteiger partial charge is 0.330 e. The Morgan fingerprint density at radius 3 is 2.31 bits per heavy atom. The lowest BCUT2D eigenvalue weighted by atomic mass is 10.2. The van der Waals surface area contributed by atoms with Gasteiger partial charge in [-0.25, -0.2) is 4.79 Å². The van der Waals surface area contributed by atoms with Gasteiger partial charge in [-0.2, -0.15) is 0 Å². The Morgan fingerprint density at radius 1 is 1.25 bits per heavy atom. The Hall–Kier alpha value is -1.36. The number of hydrogen-bond acceptors (Lipinski definition) is 5. The molecule has 0 aliphatic rings. The van der Waals surface area contributed by atoms with Crippen LogP contribution in [-0.4, -0.2) is 36.4 Å². The summed E-state index contributed by atoms with van der Waals surface area (Å²) in [7, 11) is 0. The molecule has 0 spiro atoms. The summed E-state index contributed by atoms with van der Waals surface area (Å²) < 4.78 is 9.26. The number of aliphatic hydroxyl groups excluding tert-OH is 1. The van der Waals surface area contributed by atoms with Crippen LogP contribution in [0.15, 0.2) is 12.2 Å². The van der Waals surface area contributed by atoms with Gasteiger partial charge >= 0.3 is 11.9 Å². The van der Waals surface area contributed by atoms with Gasteiger partial charge in [-0.05, 0) is 5.92 Å². The summed E-state index contributed by atoms with van der Waals surface area (Å²) in [5.41, 5.74) is 0. The lowest BCUT2D eigenvalue weighted by Gasteiger charge is -2.09. The predicted octanol–water partition coefficient (Wildman–Crippen LogP) is 0.666. The molecule has 92 valence electrons. The van der Waals surface area contributed by atoms with Crippen LogP contribution < -0.4 is 0 Å². The van der Waals surface area contributed by atoms with E-state index in [9.17, 15) is 14.7 Å². The van der Waals surface area contributed by atoms with Gasteiger partial charge in [-0.1, -0.05) is 19.9 Å². The van der Waals surface area contributed by atoms with Crippen molar-refractivity contribution in [2.45, 2.75) is 26.9 Å². The van der Waals surface area contributed by atoms with Gasteiger partial charge in [0.25, 0.3) is 0 Å². The van der Waals surface area contributed by atoms with Crippen LogP contribution in [0.25, 0.3) is 0 Å². The maximum Gasteiger partial charge on any atom is 0.330 e. The summed E-state index contributed by atoms with van der Waals surface area (Å²) in [5, 5.41) is 9.25. The highest BCUT2D eigenvalue weighted by atomic mass is 16.6. The van der Waals surface area contributed by atoms with Gasteiger partial charge in [0.15, 0.2) is 0 Å². The Labute approximate surface area is 95.0 Å². The Morgan fingerprint density at radius 2 is 1.81 bits per heavy atom. The molecule has 0 fully saturated rings. The molecule has 0 aromatic carbocycles. The first-order valence-electron chi connectivity index (χ1n) is 5.08. The fourth-order valence-corrected chi connectivity index (χ4v) is 0.759. The highest BCUT2D eigenvalue weighted by molar-refractivity contribution is 5.81. The summed E-state index contributed by atoms with van der Waals surface area (Å²) in [4.78, 5) is 21.5. The van der Waals surface area contributed by atoms with E-state index in [1.165, 1.54) is 13.0 Å². The molecule has 5 heteroatoms. The molecule has 1 N–H and O–H groups in total. The van der Waals surface area contributed by atoms with E-state index in [2.05, 4.69) is 4.74 Å². The van der Waals surface area contributed by atoms with Gasteiger partial charge in [-0.15, -0.1) is 0 Å². The fourth-order valence-electron chi connectivity index (χ4n) is 0.759. The zero-order chi connectivity index (χ0) is 12.6. The second-order valence-electron chi connectivity index (χ2n) is 3.69. The predicted molar refractivity (Wildman–Crippen MR) is 57.6 cm³/mol. The average Bonchev–Trinajstić information content (AvgIpc) is 2.20. The molecule has 1 unspecified atom stereocenters. The second-order valence-corrected chi connectivity index (χ2v) is 3.69. The summed E-state index contributed by atoms with van der Waals surface area (Å²) in [5.74, 6) is -0.737. The molecule has 0 amide bonds. The summed E-state index contributed by atoms with van der Waals surface area (Å²) >= 11 is 0. The van der Waals surface area contributed by atoms with Crippen LogP contribution in [0.3, 0.4) is 0 Å². The summed E-state index contributed by atoms with van der Waals surface area (Å²) in [6.45, 7) is 4.74. The first-order chi connectivity index (χ1) is 7.41. The van der Waals surface area contributed by atoms with Gasteiger partial charge in [0.2, 0.25) is 0 Å². The highest BCUT2D eigenvalue weighted by Gasteiger charge is 2.08. The lowest BCUT2D eigenvalue weighted by Crippen LogP contribution is -2.24. The third-order valence-electron chi connectivity index (χ3n) is 1.51. The van der Waals surface area contributed by atoms with E-state index in [4.69, 9.17) is 4.74 Å². The fraction of sp³-hybridized carbons (Fsp3) is 0.636. The van der Waals surface area contributed by atoms with Gasteiger partial charge in [0, 0.05) is 13.0 Å². The molecule has 0 aromatic heterocycles. The second kappa shape index (κ2) is 7.87. The molecule has 0 rings (SSSR count). The van der Waals surface area contributed by atoms with E-state index < -0.39 is 18.0 Å². The molecule has 16 heavy (non-hydrogen) atoms. The number of ether oxygens (including phenoxy) is 2. The third kappa shape index (κ3) is 9.21. The Kier molecular flexibility index (Phi) is 7.20. The maximum atomic E-state index is 11.1. The molecule has 0 heterocycles. The average molecular weight is 230 g/mol. The van der Waals surface area contributed by atoms with Crippen molar-refractivity contribution < 1.29 is 24.2 Å². The van der Waals surface area contributed by atoms with Gasteiger partial charge in [0.1, 0.15) is 19.3 Å². The normalized spacial score (nSPS) is 12.8. The van der Waals surface area contributed by atoms with Crippen LogP contribution in [-0.2, 0) is 19.1 Å². The zero-order valence-electron chi connectivity index (χ0n) is 9.80. The molecule has 0 aromatic rings. The van der Waals surface area contributed by atoms with Crippen molar-refractivity contribution in [3.05, 3.63) is 12.2 Å². The van der Waals surface area contributed by atoms with Crippen molar-refractivity contribution in [2.24, 2.45) is 5.92 Å². The van der Waals surface area contributed by atoms with Crippen LogP contribution in [0, 0.1) is 5.92 Å². The van der Waals surface area contributed by atoms with Crippen molar-refractivity contribution in [3.8, 4) is 0 Å². The minimum absolute atomic E-state index is 0.170. The van der Waals surface area contributed by atoms with Crippen molar-refractivity contribution in [3.63, 3.8) is 0 Å². The van der Waals surface area contributed by atoms with Crippen LogP contribution in [0.1, 0.15) is 20.8 Å². The van der Waals surface area contributed by atoms with Crippen molar-refractivity contribution in [2.75, 3.05) is 13.2 Å². The zero-order valence-corrected chi connectivity index (χ0v) is 9.80. The third-order valence-corrected chi connectivity index (χ3v) is 1.51. The molecule has 0 bridgehead atoms. The van der Waals surface area contributed by atoms with E-state index >= 15 is 0 Å². The molecule has 1 atom stereocenters. The van der Waals surface area contributed by atoms with E-state index in [1.54, 1.807) is 6.08 Å². The number of carbonyl (C=O) groups is 2. The van der Waals surface area contributed by atoms with E-state index in [0.29, 0.717) is 0 Å². The molecule has 0 aliphatic carbocycles. The monoisotopic (exact) mass is 230 g/mol. The van der Waals surface area contributed by atoms with E-state index in [-0.39, 0.29) is 19.1 Å². The molecular weight excluding hydrogens is 212 g/mol. The minimum Gasteiger partial charge on any atom is -0.463 e. The topological polar surface area (TPSA) is 72.8 Å². The summed E-state index contributed by atoms with van der Waals surface area (Å²) in [6, 6.07) is 0. The van der Waals surface area contributed by atoms with Gasteiger partial charge in [-0.3, -0.25) is 4.79 Å². The quantitative estimate of drug-likeness (QED) is 0.536. The van der Waals surface area contributed by atoms with Crippen LogP contribution in [0.2, 0.25) is 0 Å². The highest BCUT2D eigenvalue weighted by Crippen LogP contribution is 1.95. The van der Waals surface area contributed by atoms with E-state index in [1.807, 2.05) is 13.8 Å². The van der Waals surface area contributed by atoms with E-state index in [0.717, 1.165) is 0 Å². The lowest BCUT2D eigenvalue weighted by molar-refractivity contribution is -0.148. The first kappa shape index (κ1) is 14.6. The number of hydrogen-bond donors (Lipinski definition) is 1. The number of carbonyl (C=O) groups excluding carboxylic acids is 2. The van der Waals surface area contributed by atoms with Crippen LogP contribution in [0.4, 0.5) is 0 Å². The maximum absolute atomic E-state index is 11.1. The first-order valence-corrected chi connectivity index (χ1v) is 5.08. The summed E-state index contributed by atoms with van der Waals surface area (Å²) in [6.07, 6.45) is 2.02. The number of aliphatic hydroxyl groups is 1. The van der Waals surface area contributed by atoms with Crippen molar-refractivity contribution in [1.82, 2.24) is 0 Å². The van der Waals surface area contributed by atoms with Gasteiger partial charge in [0.05, 0.1) is 0 Å². The van der Waals surface area contributed by atoms with Crippen LogP contribution in [0.5, 0.6) is 0 Å². The number of esters is 2.